The van der Waals surface area contributed by atoms with Crippen LogP contribution in [0, 0.1) is 38.5 Å². The van der Waals surface area contributed by atoms with E-state index < -0.39 is 35.7 Å². The van der Waals surface area contributed by atoms with Crippen LogP contribution < -0.4 is 26.0 Å². The van der Waals surface area contributed by atoms with Gasteiger partial charge in [-0.05, 0) is 113 Å². The average Bonchev–Trinajstić information content (AvgIpc) is 4.23. The first-order valence-electron chi connectivity index (χ1n) is 26.9. The van der Waals surface area contributed by atoms with E-state index in [4.69, 9.17) is 26.1 Å². The molecule has 3 aromatic carbocycles. The molecular weight excluding hydrogens is 1080 g/mol. The molecule has 10 rings (SSSR count). The van der Waals surface area contributed by atoms with Crippen molar-refractivity contribution >= 4 is 81.8 Å². The molecule has 3 atom stereocenters. The summed E-state index contributed by atoms with van der Waals surface area (Å²) in [6.45, 7) is 9.04. The van der Waals surface area contributed by atoms with Crippen molar-refractivity contribution in [3.8, 4) is 22.6 Å². The molecule has 416 valence electrons. The number of hydrogen-bond donors (Lipinski definition) is 4. The standard InChI is InChI=1S/C58H61ClN10O9S2/c1-33-34(2)80-58-50(33)52(37-10-14-39(59)15-11-37)63-43(53-66-65-35(3)68(53)58)31-48(71)60-24-25-61-54(73)38-12-16-41(17-13-38)79-30-5-4-8-44(36-22-28-77-29-23-36)67-26-20-40(21-27-67)62-49(72)32-78-46-9-6-7-42-51(46)57(76)69(56(42)75)45-18-19-47(70)64-55(45)74/h6-7,9-17,36,40,43-45H,5,18-32H2,1-3H3,(H,60,71)(H,61,73)(H,62,72)(H,64,70,74)/t43-,44?,45?/m0/s1. The maximum absolute atomic E-state index is 13.5. The van der Waals surface area contributed by atoms with E-state index >= 15 is 0 Å². The largest absolute Gasteiger partial charge is 0.483 e. The Balaban J connectivity index is 0.658. The number of thioether (sulfide) groups is 1. The molecule has 0 saturated carbocycles. The summed E-state index contributed by atoms with van der Waals surface area (Å²) in [5.41, 5.74) is 4.34. The Hall–Kier alpha value is -7.22. The number of aliphatic imine (C=N–C) groups is 1. The maximum Gasteiger partial charge on any atom is 0.266 e. The number of piperidine rings is 2. The molecule has 7 amide bonds. The second-order valence-corrected chi connectivity index (χ2v) is 23.2. The molecule has 0 aliphatic carbocycles. The number of ether oxygens (including phenoxy) is 2. The van der Waals surface area contributed by atoms with Gasteiger partial charge in [-0.1, -0.05) is 35.7 Å². The van der Waals surface area contributed by atoms with Gasteiger partial charge in [0.25, 0.3) is 23.6 Å². The maximum atomic E-state index is 13.5. The van der Waals surface area contributed by atoms with Crippen LogP contribution in [0.25, 0.3) is 5.00 Å². The van der Waals surface area contributed by atoms with Crippen LogP contribution >= 0.6 is 34.7 Å². The molecule has 19 nitrogen and oxygen atoms in total. The van der Waals surface area contributed by atoms with Crippen LogP contribution in [-0.4, -0.2) is 142 Å². The Labute approximate surface area is 476 Å². The number of nitrogens with one attached hydrogen (secondary N) is 4. The summed E-state index contributed by atoms with van der Waals surface area (Å²) in [6.07, 6.45) is 4.03. The molecule has 22 heteroatoms. The predicted molar refractivity (Wildman–Crippen MR) is 301 cm³/mol. The summed E-state index contributed by atoms with van der Waals surface area (Å²) in [4.78, 5) is 101. The minimum Gasteiger partial charge on any atom is -0.483 e. The van der Waals surface area contributed by atoms with E-state index in [1.807, 2.05) is 47.9 Å². The SMILES string of the molecule is Cc1sc2c(c1C)C(c1ccc(Cl)cc1)=N[C@@H](CC(=O)NCCNC(=O)c1ccc(SCCC#CC(C3CCOCC3)N3CCC(NC(=O)COc4cccc5c4C(=O)N(C4CCC(=O)NC4=O)C5=O)CC3)cc1)c1nnc(C)n1-2. The molecule has 80 heavy (non-hydrogen) atoms. The van der Waals surface area contributed by atoms with Gasteiger partial charge in [0, 0.05) is 95.5 Å². The highest BCUT2D eigenvalue weighted by molar-refractivity contribution is 7.99. The molecule has 7 heterocycles. The summed E-state index contributed by atoms with van der Waals surface area (Å²) in [5.74, 6) is 6.22. The summed E-state index contributed by atoms with van der Waals surface area (Å²) in [7, 11) is 0. The number of halogens is 1. The fourth-order valence-corrected chi connectivity index (χ4v) is 12.9. The summed E-state index contributed by atoms with van der Waals surface area (Å²) in [5, 5.41) is 21.6. The summed E-state index contributed by atoms with van der Waals surface area (Å²) in [6, 6.07) is 17.8. The number of aromatic nitrogens is 3. The van der Waals surface area contributed by atoms with Gasteiger partial charge >= 0.3 is 0 Å². The number of hydrogen-bond acceptors (Lipinski definition) is 15. The van der Waals surface area contributed by atoms with E-state index in [-0.39, 0.29) is 85.6 Å². The summed E-state index contributed by atoms with van der Waals surface area (Å²) >= 11 is 9.58. The third-order valence-corrected chi connectivity index (χ3v) is 17.6. The molecule has 5 aliphatic heterocycles. The van der Waals surface area contributed by atoms with E-state index in [1.165, 1.54) is 12.1 Å². The summed E-state index contributed by atoms with van der Waals surface area (Å²) < 4.78 is 13.5. The van der Waals surface area contributed by atoms with Crippen molar-refractivity contribution < 1.29 is 43.0 Å². The van der Waals surface area contributed by atoms with Gasteiger partial charge in [0.15, 0.2) is 12.4 Å². The fraction of sp³-hybridized carbons (Fsp3) is 0.414. The minimum atomic E-state index is -1.11. The van der Waals surface area contributed by atoms with Gasteiger partial charge in [-0.15, -0.1) is 39.2 Å². The lowest BCUT2D eigenvalue weighted by Crippen LogP contribution is -2.54. The normalized spacial score (nSPS) is 18.9. The Morgan fingerprint density at radius 1 is 0.887 bits per heavy atom. The van der Waals surface area contributed by atoms with Crippen molar-refractivity contribution in [3.05, 3.63) is 122 Å². The molecule has 3 saturated heterocycles. The van der Waals surface area contributed by atoms with E-state index in [1.54, 1.807) is 41.3 Å². The highest BCUT2D eigenvalue weighted by Crippen LogP contribution is 2.40. The molecular formula is C58H61ClN10O9S2. The second-order valence-electron chi connectivity index (χ2n) is 20.3. The van der Waals surface area contributed by atoms with E-state index in [9.17, 15) is 33.6 Å². The van der Waals surface area contributed by atoms with Crippen LogP contribution in [0.2, 0.25) is 5.02 Å². The van der Waals surface area contributed by atoms with Crippen molar-refractivity contribution in [1.82, 2.24) is 45.8 Å². The number of thiophene rings is 1. The molecule has 5 aliphatic rings. The van der Waals surface area contributed by atoms with Crippen LogP contribution in [0.15, 0.2) is 76.6 Å². The molecule has 4 N–H and O–H groups in total. The third-order valence-electron chi connectivity index (χ3n) is 15.1. The number of rotatable bonds is 17. The first-order chi connectivity index (χ1) is 38.7. The molecule has 0 radical (unpaired) electrons. The minimum absolute atomic E-state index is 0.00734. The quantitative estimate of drug-likeness (QED) is 0.0358. The van der Waals surface area contributed by atoms with Crippen LogP contribution in [0.3, 0.4) is 0 Å². The Morgan fingerprint density at radius 2 is 1.64 bits per heavy atom. The molecule has 5 aromatic rings. The Bertz CT molecular complexity index is 3320. The second kappa shape index (κ2) is 25.1. The highest BCUT2D eigenvalue weighted by Gasteiger charge is 2.46. The van der Waals surface area contributed by atoms with Crippen molar-refractivity contribution in [2.45, 2.75) is 101 Å². The topological polar surface area (TPSA) is 236 Å². The zero-order valence-electron chi connectivity index (χ0n) is 44.6. The lowest BCUT2D eigenvalue weighted by Gasteiger charge is -2.40. The van der Waals surface area contributed by atoms with Crippen LogP contribution in [0.5, 0.6) is 5.75 Å². The van der Waals surface area contributed by atoms with Gasteiger partial charge in [0.05, 0.1) is 29.3 Å². The van der Waals surface area contributed by atoms with E-state index in [2.05, 4.69) is 62.1 Å². The number of carbonyl (C=O) groups excluding carboxylic acids is 7. The highest BCUT2D eigenvalue weighted by atomic mass is 35.5. The molecule has 2 aromatic heterocycles. The van der Waals surface area contributed by atoms with E-state index in [0.29, 0.717) is 47.8 Å². The molecule has 2 unspecified atom stereocenters. The van der Waals surface area contributed by atoms with Crippen LogP contribution in [0.4, 0.5) is 0 Å². The fourth-order valence-electron chi connectivity index (χ4n) is 10.8. The Kier molecular flexibility index (Phi) is 17.6. The number of fused-ring (bicyclic) bond motifs is 4. The Morgan fingerprint density at radius 3 is 2.39 bits per heavy atom. The van der Waals surface area contributed by atoms with Crippen molar-refractivity contribution in [2.24, 2.45) is 10.9 Å². The van der Waals surface area contributed by atoms with Gasteiger partial charge in [-0.25, -0.2) is 0 Å². The van der Waals surface area contributed by atoms with Crippen molar-refractivity contribution in [3.63, 3.8) is 0 Å². The zero-order chi connectivity index (χ0) is 56.0. The van der Waals surface area contributed by atoms with Gasteiger partial charge in [0.2, 0.25) is 17.7 Å². The lowest BCUT2D eigenvalue weighted by molar-refractivity contribution is -0.136. The molecule has 0 spiro atoms. The van der Waals surface area contributed by atoms with Crippen LogP contribution in [0.1, 0.15) is 122 Å². The number of carbonyl (C=O) groups is 7. The monoisotopic (exact) mass is 1140 g/mol. The van der Waals surface area contributed by atoms with Crippen molar-refractivity contribution in [1.29, 1.82) is 0 Å². The van der Waals surface area contributed by atoms with E-state index in [0.717, 1.165) is 86.6 Å². The van der Waals surface area contributed by atoms with Gasteiger partial charge in [-0.3, -0.25) is 58.2 Å². The lowest BCUT2D eigenvalue weighted by atomic mass is 9.89. The van der Waals surface area contributed by atoms with Gasteiger partial charge < -0.3 is 25.4 Å². The zero-order valence-corrected chi connectivity index (χ0v) is 47.0. The number of nitrogens with zero attached hydrogens (tertiary/aromatic N) is 6. The number of amides is 7. The van der Waals surface area contributed by atoms with Gasteiger partial charge in [-0.2, -0.15) is 0 Å². The van der Waals surface area contributed by atoms with Crippen molar-refractivity contribution in [2.75, 3.05) is 51.8 Å². The first-order valence-corrected chi connectivity index (χ1v) is 29.1. The molecule has 0 bridgehead atoms. The third kappa shape index (κ3) is 12.4. The van der Waals surface area contributed by atoms with Crippen LogP contribution in [-0.2, 0) is 23.9 Å². The predicted octanol–water partition coefficient (Wildman–Crippen LogP) is 6.08. The average molecular weight is 1140 g/mol. The molecule has 3 fully saturated rings. The van der Waals surface area contributed by atoms with Gasteiger partial charge in [0.1, 0.15) is 28.7 Å². The first kappa shape index (κ1) is 56.1. The number of benzene rings is 3. The number of likely N-dealkylation sites (tertiary alicyclic amines) is 1. The smallest absolute Gasteiger partial charge is 0.266 e. The number of imide groups is 2. The number of aryl methyl sites for hydroxylation is 2.